The minimum Gasteiger partial charge on any atom is -0.350 e. The van der Waals surface area contributed by atoms with Gasteiger partial charge in [-0.1, -0.05) is 18.2 Å². The van der Waals surface area contributed by atoms with Crippen LogP contribution in [0.4, 0.5) is 10.5 Å². The number of hydrogen-bond donors (Lipinski definition) is 3. The van der Waals surface area contributed by atoms with Crippen molar-refractivity contribution in [1.29, 1.82) is 0 Å². The summed E-state index contributed by atoms with van der Waals surface area (Å²) in [5.41, 5.74) is 1.75. The van der Waals surface area contributed by atoms with Crippen LogP contribution in [0.1, 0.15) is 27.6 Å². The summed E-state index contributed by atoms with van der Waals surface area (Å²) in [5.74, 6) is -0.210. The van der Waals surface area contributed by atoms with E-state index < -0.39 is 0 Å². The first kappa shape index (κ1) is 17.2. The number of carbonyl (C=O) groups is 3. The summed E-state index contributed by atoms with van der Waals surface area (Å²) in [5, 5.41) is 8.02. The van der Waals surface area contributed by atoms with Crippen molar-refractivity contribution in [2.24, 2.45) is 0 Å². The van der Waals surface area contributed by atoms with Crippen LogP contribution in [0, 0.1) is 0 Å². The topological polar surface area (TPSA) is 87.3 Å². The van der Waals surface area contributed by atoms with Gasteiger partial charge in [0, 0.05) is 29.9 Å². The molecule has 3 amide bonds. The normalized spacial score (nSPS) is 9.88. The molecule has 0 aliphatic heterocycles. The minimum atomic E-state index is -0.375. The summed E-state index contributed by atoms with van der Waals surface area (Å²) in [6, 6.07) is 15.1. The average Bonchev–Trinajstić information content (AvgIpc) is 2.59. The quantitative estimate of drug-likeness (QED) is 0.563. The third-order valence-electron chi connectivity index (χ3n) is 3.28. The molecular formula is C18H19N3O3. The molecule has 2 aromatic rings. The molecule has 0 heterocycles. The van der Waals surface area contributed by atoms with E-state index in [2.05, 4.69) is 16.0 Å². The SMILES string of the molecule is CC(=O)c1ccc(NC(=O)NCCNC(=O)c2ccccc2)cc1. The van der Waals surface area contributed by atoms with Gasteiger partial charge < -0.3 is 16.0 Å². The molecule has 0 atom stereocenters. The maximum absolute atomic E-state index is 11.8. The number of hydrogen-bond acceptors (Lipinski definition) is 3. The zero-order chi connectivity index (χ0) is 17.4. The van der Waals surface area contributed by atoms with Crippen LogP contribution in [0.5, 0.6) is 0 Å². The predicted octanol–water partition coefficient (Wildman–Crippen LogP) is 2.44. The fourth-order valence-electron chi connectivity index (χ4n) is 2.01. The van der Waals surface area contributed by atoms with Gasteiger partial charge in [-0.3, -0.25) is 9.59 Å². The Kier molecular flexibility index (Phi) is 6.08. The first-order chi connectivity index (χ1) is 11.6. The Morgan fingerprint density at radius 1 is 0.792 bits per heavy atom. The summed E-state index contributed by atoms with van der Waals surface area (Å²) in [6.45, 7) is 2.11. The highest BCUT2D eigenvalue weighted by Crippen LogP contribution is 2.09. The lowest BCUT2D eigenvalue weighted by atomic mass is 10.1. The van der Waals surface area contributed by atoms with Crippen molar-refractivity contribution in [2.45, 2.75) is 6.92 Å². The Bertz CT molecular complexity index is 712. The molecule has 0 aromatic heterocycles. The van der Waals surface area contributed by atoms with Gasteiger partial charge in [-0.05, 0) is 43.3 Å². The third-order valence-corrected chi connectivity index (χ3v) is 3.28. The highest BCUT2D eigenvalue weighted by molar-refractivity contribution is 5.95. The highest BCUT2D eigenvalue weighted by atomic mass is 16.2. The van der Waals surface area contributed by atoms with E-state index >= 15 is 0 Å². The minimum absolute atomic E-state index is 0.0276. The summed E-state index contributed by atoms with van der Waals surface area (Å²) < 4.78 is 0. The number of Topliss-reactive ketones (excluding diaryl/α,β-unsaturated/α-hetero) is 1. The molecule has 0 fully saturated rings. The van der Waals surface area contributed by atoms with E-state index in [4.69, 9.17) is 0 Å². The van der Waals surface area contributed by atoms with E-state index in [1.165, 1.54) is 6.92 Å². The van der Waals surface area contributed by atoms with Gasteiger partial charge in [-0.2, -0.15) is 0 Å². The number of amides is 3. The molecule has 24 heavy (non-hydrogen) atoms. The van der Waals surface area contributed by atoms with Crippen LogP contribution in [0.3, 0.4) is 0 Å². The molecule has 124 valence electrons. The van der Waals surface area contributed by atoms with Crippen LogP contribution in [-0.2, 0) is 0 Å². The van der Waals surface area contributed by atoms with E-state index in [9.17, 15) is 14.4 Å². The number of urea groups is 1. The van der Waals surface area contributed by atoms with Gasteiger partial charge in [-0.15, -0.1) is 0 Å². The fourth-order valence-corrected chi connectivity index (χ4v) is 2.01. The van der Waals surface area contributed by atoms with E-state index in [0.717, 1.165) is 0 Å². The van der Waals surface area contributed by atoms with Gasteiger partial charge in [-0.25, -0.2) is 4.79 Å². The van der Waals surface area contributed by atoms with Gasteiger partial charge in [0.1, 0.15) is 0 Å². The fraction of sp³-hybridized carbons (Fsp3) is 0.167. The van der Waals surface area contributed by atoms with Crippen molar-refractivity contribution >= 4 is 23.4 Å². The summed E-state index contributed by atoms with van der Waals surface area (Å²) in [4.78, 5) is 34.7. The zero-order valence-corrected chi connectivity index (χ0v) is 13.3. The summed E-state index contributed by atoms with van der Waals surface area (Å²) >= 11 is 0. The molecule has 0 spiro atoms. The van der Waals surface area contributed by atoms with Crippen LogP contribution in [0.25, 0.3) is 0 Å². The second-order valence-electron chi connectivity index (χ2n) is 5.14. The smallest absolute Gasteiger partial charge is 0.319 e. The molecule has 2 rings (SSSR count). The molecular weight excluding hydrogens is 306 g/mol. The molecule has 0 radical (unpaired) electrons. The number of nitrogens with one attached hydrogen (secondary N) is 3. The maximum Gasteiger partial charge on any atom is 0.319 e. The van der Waals surface area contributed by atoms with E-state index in [0.29, 0.717) is 29.9 Å². The highest BCUT2D eigenvalue weighted by Gasteiger charge is 2.05. The second kappa shape index (κ2) is 8.47. The van der Waals surface area contributed by atoms with Gasteiger partial charge in [0.05, 0.1) is 0 Å². The van der Waals surface area contributed by atoms with E-state index in [-0.39, 0.29) is 17.7 Å². The van der Waals surface area contributed by atoms with Gasteiger partial charge in [0.25, 0.3) is 5.91 Å². The van der Waals surface area contributed by atoms with E-state index in [1.807, 2.05) is 6.07 Å². The number of carbonyl (C=O) groups excluding carboxylic acids is 3. The first-order valence-electron chi connectivity index (χ1n) is 7.55. The van der Waals surface area contributed by atoms with Crippen molar-refractivity contribution in [3.05, 3.63) is 65.7 Å². The van der Waals surface area contributed by atoms with Crippen LogP contribution in [-0.4, -0.2) is 30.8 Å². The molecule has 0 unspecified atom stereocenters. The van der Waals surface area contributed by atoms with Crippen molar-refractivity contribution in [3.63, 3.8) is 0 Å². The van der Waals surface area contributed by atoms with Crippen LogP contribution in [0.15, 0.2) is 54.6 Å². The number of rotatable bonds is 6. The Hall–Kier alpha value is -3.15. The molecule has 0 saturated heterocycles. The molecule has 0 saturated carbocycles. The molecule has 0 aliphatic rings. The molecule has 0 aliphatic carbocycles. The van der Waals surface area contributed by atoms with Crippen LogP contribution in [0.2, 0.25) is 0 Å². The number of benzene rings is 2. The van der Waals surface area contributed by atoms with Crippen LogP contribution >= 0.6 is 0 Å². The Morgan fingerprint density at radius 3 is 2.04 bits per heavy atom. The molecule has 6 heteroatoms. The van der Waals surface area contributed by atoms with Crippen molar-refractivity contribution in [2.75, 3.05) is 18.4 Å². The van der Waals surface area contributed by atoms with Crippen LogP contribution < -0.4 is 16.0 Å². The first-order valence-corrected chi connectivity index (χ1v) is 7.55. The van der Waals surface area contributed by atoms with Crippen molar-refractivity contribution in [1.82, 2.24) is 10.6 Å². The lowest BCUT2D eigenvalue weighted by Gasteiger charge is -2.09. The Balaban J connectivity index is 1.70. The van der Waals surface area contributed by atoms with E-state index in [1.54, 1.807) is 48.5 Å². The predicted molar refractivity (Wildman–Crippen MR) is 92.2 cm³/mol. The Morgan fingerprint density at radius 2 is 1.42 bits per heavy atom. The lowest BCUT2D eigenvalue weighted by Crippen LogP contribution is -2.36. The van der Waals surface area contributed by atoms with Crippen molar-refractivity contribution in [3.8, 4) is 0 Å². The largest absolute Gasteiger partial charge is 0.350 e. The molecule has 6 nitrogen and oxygen atoms in total. The Labute approximate surface area is 140 Å². The standard InChI is InChI=1S/C18H19N3O3/c1-13(22)14-7-9-16(10-8-14)21-18(24)20-12-11-19-17(23)15-5-3-2-4-6-15/h2-10H,11-12H2,1H3,(H,19,23)(H2,20,21,24). The monoisotopic (exact) mass is 325 g/mol. The number of anilines is 1. The second-order valence-corrected chi connectivity index (χ2v) is 5.14. The lowest BCUT2D eigenvalue weighted by molar-refractivity contribution is 0.0953. The zero-order valence-electron chi connectivity index (χ0n) is 13.3. The molecule has 3 N–H and O–H groups in total. The van der Waals surface area contributed by atoms with Gasteiger partial charge in [0.15, 0.2) is 5.78 Å². The summed E-state index contributed by atoms with van der Waals surface area (Å²) in [7, 11) is 0. The molecule has 2 aromatic carbocycles. The maximum atomic E-state index is 11.8. The third kappa shape index (κ3) is 5.24. The number of ketones is 1. The van der Waals surface area contributed by atoms with Crippen molar-refractivity contribution < 1.29 is 14.4 Å². The van der Waals surface area contributed by atoms with Gasteiger partial charge >= 0.3 is 6.03 Å². The molecule has 0 bridgehead atoms. The average molecular weight is 325 g/mol. The van der Waals surface area contributed by atoms with Gasteiger partial charge in [0.2, 0.25) is 0 Å². The summed E-state index contributed by atoms with van der Waals surface area (Å²) in [6.07, 6.45) is 0.